The number of esters is 2. The predicted octanol–water partition coefficient (Wildman–Crippen LogP) is 0.832. The van der Waals surface area contributed by atoms with E-state index in [-0.39, 0.29) is 22.9 Å². The van der Waals surface area contributed by atoms with Crippen LogP contribution in [0.25, 0.3) is 11.2 Å². The van der Waals surface area contributed by atoms with Gasteiger partial charge in [0.2, 0.25) is 0 Å². The molecule has 2 N–H and O–H groups in total. The molecule has 1 amide bonds. The molecule has 33 heavy (non-hydrogen) atoms. The molecular weight excluding hydrogens is 434 g/mol. The zero-order valence-electron chi connectivity index (χ0n) is 17.7. The normalized spacial score (nSPS) is 22.2. The Balaban J connectivity index is 1.69. The van der Waals surface area contributed by atoms with Crippen molar-refractivity contribution in [2.45, 2.75) is 38.4 Å². The molecule has 0 spiro atoms. The molecule has 0 saturated carbocycles. The van der Waals surface area contributed by atoms with E-state index in [0.29, 0.717) is 5.56 Å². The number of amides is 1. The van der Waals surface area contributed by atoms with Gasteiger partial charge in [-0.05, 0) is 12.1 Å². The number of nitrogens with zero attached hydrogens (tertiary/aromatic N) is 4. The highest BCUT2D eigenvalue weighted by molar-refractivity contribution is 6.06. The highest BCUT2D eigenvalue weighted by Gasteiger charge is 2.50. The van der Waals surface area contributed by atoms with E-state index >= 15 is 0 Å². The van der Waals surface area contributed by atoms with E-state index in [1.807, 2.05) is 0 Å². The molecule has 4 unspecified atom stereocenters. The van der Waals surface area contributed by atoms with E-state index in [4.69, 9.17) is 14.2 Å². The number of ether oxygens (including phenoxy) is 3. The van der Waals surface area contributed by atoms with Crippen LogP contribution in [0.1, 0.15) is 30.4 Å². The largest absolute Gasteiger partial charge is 0.456 e. The van der Waals surface area contributed by atoms with Gasteiger partial charge in [0.1, 0.15) is 12.4 Å². The Hall–Kier alpha value is -3.90. The fourth-order valence-corrected chi connectivity index (χ4v) is 3.63. The second-order valence-corrected chi connectivity index (χ2v) is 7.26. The van der Waals surface area contributed by atoms with Crippen LogP contribution in [0.5, 0.6) is 0 Å². The number of aliphatic hydroxyl groups excluding tert-OH is 1. The van der Waals surface area contributed by atoms with Gasteiger partial charge < -0.3 is 24.6 Å². The Bertz CT molecular complexity index is 1180. The van der Waals surface area contributed by atoms with E-state index in [2.05, 4.69) is 20.3 Å². The van der Waals surface area contributed by atoms with E-state index < -0.39 is 43.1 Å². The summed E-state index contributed by atoms with van der Waals surface area (Å²) in [5.41, 5.74) is 0.979. The number of fused-ring (bicyclic) bond motifs is 1. The highest BCUT2D eigenvalue weighted by Crippen LogP contribution is 2.36. The average Bonchev–Trinajstić information content (AvgIpc) is 3.36. The first-order valence-corrected chi connectivity index (χ1v) is 10.0. The lowest BCUT2D eigenvalue weighted by molar-refractivity contribution is -0.165. The third-order valence-electron chi connectivity index (χ3n) is 4.97. The van der Waals surface area contributed by atoms with E-state index in [1.54, 1.807) is 30.3 Å². The van der Waals surface area contributed by atoms with Gasteiger partial charge in [0.05, 0.1) is 12.9 Å². The highest BCUT2D eigenvalue weighted by atomic mass is 16.6. The molecule has 3 heterocycles. The van der Waals surface area contributed by atoms with Crippen molar-refractivity contribution in [3.63, 3.8) is 0 Å². The zero-order chi connectivity index (χ0) is 23.5. The minimum absolute atomic E-state index is 0.171. The maximum Gasteiger partial charge on any atom is 0.303 e. The number of carbonyl (C=O) groups is 3. The molecule has 1 aliphatic rings. The van der Waals surface area contributed by atoms with Crippen LogP contribution in [-0.4, -0.2) is 67.4 Å². The van der Waals surface area contributed by atoms with Gasteiger partial charge in [-0.15, -0.1) is 0 Å². The minimum atomic E-state index is -1.07. The van der Waals surface area contributed by atoms with Crippen LogP contribution in [0, 0.1) is 0 Å². The number of benzene rings is 1. The summed E-state index contributed by atoms with van der Waals surface area (Å²) in [6.45, 7) is 1.93. The molecule has 0 bridgehead atoms. The van der Waals surface area contributed by atoms with Crippen LogP contribution in [-0.2, 0) is 23.8 Å². The maximum absolute atomic E-state index is 12.6. The Morgan fingerprint density at radius 1 is 1.06 bits per heavy atom. The van der Waals surface area contributed by atoms with Crippen LogP contribution in [0.15, 0.2) is 43.0 Å². The van der Waals surface area contributed by atoms with Crippen molar-refractivity contribution >= 4 is 34.8 Å². The van der Waals surface area contributed by atoms with Crippen molar-refractivity contribution in [1.82, 2.24) is 19.5 Å². The standard InChI is InChI=1S/C21H21N5O7/c1-11(28)31-16-14(8-27)33-21(17(16)32-12(2)29)26-10-24-15-18(22-9-23-19(15)26)25-20(30)13-6-4-3-5-7-13/h3-7,9-10,14,16-17,21,27H,8H2,1-2H3,(H,22,23,25,30). The topological polar surface area (TPSA) is 155 Å². The lowest BCUT2D eigenvalue weighted by atomic mass is 10.1. The van der Waals surface area contributed by atoms with Crippen molar-refractivity contribution in [1.29, 1.82) is 0 Å². The van der Waals surface area contributed by atoms with Crippen LogP contribution in [0.2, 0.25) is 0 Å². The van der Waals surface area contributed by atoms with Gasteiger partial charge in [-0.3, -0.25) is 19.0 Å². The van der Waals surface area contributed by atoms with Crippen molar-refractivity contribution in [3.05, 3.63) is 48.5 Å². The van der Waals surface area contributed by atoms with Crippen LogP contribution in [0.4, 0.5) is 5.82 Å². The smallest absolute Gasteiger partial charge is 0.303 e. The fraction of sp³-hybridized carbons (Fsp3) is 0.333. The van der Waals surface area contributed by atoms with Gasteiger partial charge in [0.25, 0.3) is 5.91 Å². The molecule has 1 aliphatic heterocycles. The lowest BCUT2D eigenvalue weighted by Crippen LogP contribution is -2.40. The third-order valence-corrected chi connectivity index (χ3v) is 4.97. The maximum atomic E-state index is 12.6. The Morgan fingerprint density at radius 3 is 2.42 bits per heavy atom. The number of aliphatic hydroxyl groups is 1. The molecule has 1 fully saturated rings. The zero-order valence-corrected chi connectivity index (χ0v) is 17.7. The Kier molecular flexibility index (Phi) is 6.29. The quantitative estimate of drug-likeness (QED) is 0.511. The average molecular weight is 455 g/mol. The van der Waals surface area contributed by atoms with Crippen molar-refractivity contribution in [3.8, 4) is 0 Å². The van der Waals surface area contributed by atoms with Crippen molar-refractivity contribution in [2.24, 2.45) is 0 Å². The van der Waals surface area contributed by atoms with Gasteiger partial charge in [-0.25, -0.2) is 15.0 Å². The molecule has 1 saturated heterocycles. The summed E-state index contributed by atoms with van der Waals surface area (Å²) in [6.07, 6.45) is -1.45. The monoisotopic (exact) mass is 455 g/mol. The van der Waals surface area contributed by atoms with E-state index in [1.165, 1.54) is 31.1 Å². The summed E-state index contributed by atoms with van der Waals surface area (Å²) < 4.78 is 18.0. The van der Waals surface area contributed by atoms with E-state index in [9.17, 15) is 19.5 Å². The molecule has 4 rings (SSSR count). The minimum Gasteiger partial charge on any atom is -0.456 e. The molecule has 0 radical (unpaired) electrons. The second kappa shape index (κ2) is 9.30. The van der Waals surface area contributed by atoms with Crippen molar-refractivity contribution in [2.75, 3.05) is 11.9 Å². The number of hydrogen-bond donors (Lipinski definition) is 2. The Morgan fingerprint density at radius 2 is 1.76 bits per heavy atom. The first kappa shape index (κ1) is 22.3. The summed E-state index contributed by atoms with van der Waals surface area (Å²) in [5.74, 6) is -1.46. The molecule has 12 nitrogen and oxygen atoms in total. The summed E-state index contributed by atoms with van der Waals surface area (Å²) in [7, 11) is 0. The molecule has 4 atom stereocenters. The number of rotatable bonds is 6. The summed E-state index contributed by atoms with van der Waals surface area (Å²) in [4.78, 5) is 48.5. The third kappa shape index (κ3) is 4.52. The first-order valence-electron chi connectivity index (χ1n) is 10.0. The van der Waals surface area contributed by atoms with Gasteiger partial charge in [0.15, 0.2) is 35.4 Å². The number of hydrogen-bond acceptors (Lipinski definition) is 10. The van der Waals surface area contributed by atoms with Gasteiger partial charge in [0, 0.05) is 19.4 Å². The molecular formula is C21H21N5O7. The number of imidazole rings is 1. The Labute approximate surface area is 187 Å². The van der Waals surface area contributed by atoms with Gasteiger partial charge in [-0.2, -0.15) is 0 Å². The van der Waals surface area contributed by atoms with Gasteiger partial charge in [-0.1, -0.05) is 18.2 Å². The summed E-state index contributed by atoms with van der Waals surface area (Å²) >= 11 is 0. The predicted molar refractivity (Wildman–Crippen MR) is 112 cm³/mol. The lowest BCUT2D eigenvalue weighted by Gasteiger charge is -2.23. The second-order valence-electron chi connectivity index (χ2n) is 7.26. The molecule has 0 aliphatic carbocycles. The van der Waals surface area contributed by atoms with E-state index in [0.717, 1.165) is 0 Å². The number of nitrogens with one attached hydrogen (secondary N) is 1. The number of carbonyl (C=O) groups excluding carboxylic acids is 3. The SMILES string of the molecule is CC(=O)OC1C(CO)OC(n2cnc3c(NC(=O)c4ccccc4)ncnc32)C1OC(C)=O. The molecule has 172 valence electrons. The first-order chi connectivity index (χ1) is 15.9. The molecule has 1 aromatic carbocycles. The summed E-state index contributed by atoms with van der Waals surface area (Å²) in [5, 5.41) is 12.4. The van der Waals surface area contributed by atoms with Crippen LogP contribution >= 0.6 is 0 Å². The van der Waals surface area contributed by atoms with Gasteiger partial charge >= 0.3 is 11.9 Å². The summed E-state index contributed by atoms with van der Waals surface area (Å²) in [6, 6.07) is 8.59. The van der Waals surface area contributed by atoms with Crippen molar-refractivity contribution < 1.29 is 33.7 Å². The number of anilines is 1. The fourth-order valence-electron chi connectivity index (χ4n) is 3.63. The van der Waals surface area contributed by atoms with Crippen LogP contribution in [0.3, 0.4) is 0 Å². The van der Waals surface area contributed by atoms with Crippen LogP contribution < -0.4 is 5.32 Å². The molecule has 3 aromatic rings. The molecule has 2 aromatic heterocycles. The molecule has 12 heteroatoms. The number of aromatic nitrogens is 4.